The highest BCUT2D eigenvalue weighted by Crippen LogP contribution is 2.21. The van der Waals surface area contributed by atoms with E-state index in [9.17, 15) is 4.79 Å². The molecule has 1 aliphatic rings. The van der Waals surface area contributed by atoms with Gasteiger partial charge >= 0.3 is 0 Å². The van der Waals surface area contributed by atoms with Gasteiger partial charge in [0.15, 0.2) is 0 Å². The Morgan fingerprint density at radius 1 is 1.83 bits per heavy atom. The third kappa shape index (κ3) is 1.98. The Morgan fingerprint density at radius 2 is 2.50 bits per heavy atom. The van der Waals surface area contributed by atoms with Crippen molar-refractivity contribution in [2.24, 2.45) is 5.92 Å². The maximum Gasteiger partial charge on any atom is 0.223 e. The van der Waals surface area contributed by atoms with E-state index in [2.05, 4.69) is 15.9 Å². The largest absolute Gasteiger partial charge is 0.394 e. The number of hydrogen-bond acceptors (Lipinski definition) is 2. The standard InChI is InChI=1S/C8H14BrNO2/c1-6(5-11)10-4-7(3-9)2-8(10)12/h6-7,11H,2-5H2,1H3. The number of rotatable bonds is 3. The Balaban J connectivity index is 2.51. The number of alkyl halides is 1. The summed E-state index contributed by atoms with van der Waals surface area (Å²) in [6.07, 6.45) is 0.621. The summed E-state index contributed by atoms with van der Waals surface area (Å²) in [5.74, 6) is 0.590. The Kier molecular flexibility index (Phi) is 3.53. The van der Waals surface area contributed by atoms with Crippen LogP contribution in [0.1, 0.15) is 13.3 Å². The smallest absolute Gasteiger partial charge is 0.223 e. The molecule has 1 saturated heterocycles. The molecule has 2 unspecified atom stereocenters. The molecule has 0 aromatic heterocycles. The molecule has 2 atom stereocenters. The topological polar surface area (TPSA) is 40.5 Å². The van der Waals surface area contributed by atoms with E-state index < -0.39 is 0 Å². The number of carbonyl (C=O) groups excluding carboxylic acids is 1. The average molecular weight is 236 g/mol. The minimum atomic E-state index is -0.0263. The highest BCUT2D eigenvalue weighted by atomic mass is 79.9. The fraction of sp³-hybridized carbons (Fsp3) is 0.875. The monoisotopic (exact) mass is 235 g/mol. The molecule has 1 fully saturated rings. The highest BCUT2D eigenvalue weighted by molar-refractivity contribution is 9.09. The minimum absolute atomic E-state index is 0.0263. The zero-order valence-corrected chi connectivity index (χ0v) is 8.75. The number of aliphatic hydroxyl groups is 1. The number of halogens is 1. The van der Waals surface area contributed by atoms with Gasteiger partial charge in [-0.2, -0.15) is 0 Å². The van der Waals surface area contributed by atoms with Crippen LogP contribution in [0, 0.1) is 5.92 Å². The van der Waals surface area contributed by atoms with Crippen LogP contribution in [0.15, 0.2) is 0 Å². The molecule has 0 spiro atoms. The van der Waals surface area contributed by atoms with Crippen molar-refractivity contribution in [3.05, 3.63) is 0 Å². The van der Waals surface area contributed by atoms with Crippen LogP contribution in [-0.2, 0) is 4.79 Å². The SMILES string of the molecule is CC(CO)N1CC(CBr)CC1=O. The molecule has 0 aromatic carbocycles. The Bertz CT molecular complexity index is 174. The molecule has 0 aromatic rings. The molecule has 0 radical (unpaired) electrons. The first-order valence-corrected chi connectivity index (χ1v) is 5.27. The van der Waals surface area contributed by atoms with Crippen molar-refractivity contribution in [3.63, 3.8) is 0 Å². The molecule has 1 amide bonds. The van der Waals surface area contributed by atoms with Crippen LogP contribution in [0.4, 0.5) is 0 Å². The second kappa shape index (κ2) is 4.23. The predicted molar refractivity (Wildman–Crippen MR) is 50.2 cm³/mol. The first kappa shape index (κ1) is 9.99. The van der Waals surface area contributed by atoms with Crippen molar-refractivity contribution >= 4 is 21.8 Å². The van der Waals surface area contributed by atoms with Crippen molar-refractivity contribution in [1.82, 2.24) is 4.90 Å². The molecule has 0 aliphatic carbocycles. The van der Waals surface area contributed by atoms with Gasteiger partial charge in [0.1, 0.15) is 0 Å². The van der Waals surface area contributed by atoms with Gasteiger partial charge in [-0.25, -0.2) is 0 Å². The number of amides is 1. The predicted octanol–water partition coefficient (Wildman–Crippen LogP) is 0.611. The van der Waals surface area contributed by atoms with Crippen molar-refractivity contribution < 1.29 is 9.90 Å². The van der Waals surface area contributed by atoms with Gasteiger partial charge in [0, 0.05) is 18.3 Å². The maximum absolute atomic E-state index is 11.3. The van der Waals surface area contributed by atoms with Gasteiger partial charge in [-0.1, -0.05) is 15.9 Å². The number of hydrogen-bond donors (Lipinski definition) is 1. The number of carbonyl (C=O) groups is 1. The summed E-state index contributed by atoms with van der Waals surface area (Å²) in [7, 11) is 0. The van der Waals surface area contributed by atoms with Crippen LogP contribution in [0.2, 0.25) is 0 Å². The van der Waals surface area contributed by atoms with Gasteiger partial charge in [-0.15, -0.1) is 0 Å². The maximum atomic E-state index is 11.3. The third-order valence-electron chi connectivity index (χ3n) is 2.25. The number of aliphatic hydroxyl groups excluding tert-OH is 1. The van der Waals surface area contributed by atoms with Crippen molar-refractivity contribution in [3.8, 4) is 0 Å². The lowest BCUT2D eigenvalue weighted by Crippen LogP contribution is -2.36. The molecule has 70 valence electrons. The summed E-state index contributed by atoms with van der Waals surface area (Å²) in [5.41, 5.74) is 0. The molecule has 0 saturated carbocycles. The molecule has 0 bridgehead atoms. The quantitative estimate of drug-likeness (QED) is 0.729. The second-order valence-electron chi connectivity index (χ2n) is 3.30. The van der Waals surface area contributed by atoms with Crippen LogP contribution < -0.4 is 0 Å². The minimum Gasteiger partial charge on any atom is -0.394 e. The molecule has 4 heteroatoms. The zero-order valence-electron chi connectivity index (χ0n) is 7.16. The first-order chi connectivity index (χ1) is 5.69. The first-order valence-electron chi connectivity index (χ1n) is 4.15. The summed E-state index contributed by atoms with van der Waals surface area (Å²) < 4.78 is 0. The van der Waals surface area contributed by atoms with Gasteiger partial charge < -0.3 is 10.0 Å². The molecule has 1 aliphatic heterocycles. The van der Waals surface area contributed by atoms with Crippen LogP contribution in [0.3, 0.4) is 0 Å². The van der Waals surface area contributed by atoms with Crippen molar-refractivity contribution in [1.29, 1.82) is 0 Å². The van der Waals surface area contributed by atoms with E-state index in [1.165, 1.54) is 0 Å². The average Bonchev–Trinajstić information content (AvgIpc) is 2.45. The molecule has 3 nitrogen and oxygen atoms in total. The van der Waals surface area contributed by atoms with Crippen LogP contribution in [0.25, 0.3) is 0 Å². The molecule has 1 rings (SSSR count). The normalized spacial score (nSPS) is 26.4. The van der Waals surface area contributed by atoms with Gasteiger partial charge in [-0.3, -0.25) is 4.79 Å². The molecule has 12 heavy (non-hydrogen) atoms. The van der Waals surface area contributed by atoms with Crippen LogP contribution in [-0.4, -0.2) is 40.4 Å². The van der Waals surface area contributed by atoms with Gasteiger partial charge in [-0.05, 0) is 12.8 Å². The van der Waals surface area contributed by atoms with E-state index in [4.69, 9.17) is 5.11 Å². The zero-order chi connectivity index (χ0) is 9.14. The molecular formula is C8H14BrNO2. The number of likely N-dealkylation sites (tertiary alicyclic amines) is 1. The van der Waals surface area contributed by atoms with Crippen molar-refractivity contribution in [2.75, 3.05) is 18.5 Å². The van der Waals surface area contributed by atoms with Gasteiger partial charge in [0.2, 0.25) is 5.91 Å². The van der Waals surface area contributed by atoms with Crippen LogP contribution in [0.5, 0.6) is 0 Å². The summed E-state index contributed by atoms with van der Waals surface area (Å²) in [4.78, 5) is 13.1. The molecular weight excluding hydrogens is 222 g/mol. The van der Waals surface area contributed by atoms with E-state index in [0.29, 0.717) is 12.3 Å². The fourth-order valence-electron chi connectivity index (χ4n) is 1.44. The summed E-state index contributed by atoms with van der Waals surface area (Å²) in [6.45, 7) is 2.71. The summed E-state index contributed by atoms with van der Waals surface area (Å²) in [5, 5.41) is 9.73. The Morgan fingerprint density at radius 3 is 2.92 bits per heavy atom. The second-order valence-corrected chi connectivity index (χ2v) is 3.95. The fourth-order valence-corrected chi connectivity index (χ4v) is 1.87. The van der Waals surface area contributed by atoms with E-state index in [1.54, 1.807) is 4.90 Å². The van der Waals surface area contributed by atoms with Crippen LogP contribution >= 0.6 is 15.9 Å². The summed E-state index contributed by atoms with van der Waals surface area (Å²) >= 11 is 3.36. The van der Waals surface area contributed by atoms with Gasteiger partial charge in [0.05, 0.1) is 12.6 Å². The van der Waals surface area contributed by atoms with Gasteiger partial charge in [0.25, 0.3) is 0 Å². The Labute approximate surface area is 80.9 Å². The van der Waals surface area contributed by atoms with Crippen molar-refractivity contribution in [2.45, 2.75) is 19.4 Å². The van der Waals surface area contributed by atoms with E-state index in [1.807, 2.05) is 6.92 Å². The van der Waals surface area contributed by atoms with E-state index in [-0.39, 0.29) is 18.6 Å². The lowest BCUT2D eigenvalue weighted by Gasteiger charge is -2.22. The third-order valence-corrected chi connectivity index (χ3v) is 3.17. The summed E-state index contributed by atoms with van der Waals surface area (Å²) in [6, 6.07) is -0.0263. The molecule has 1 N–H and O–H groups in total. The highest BCUT2D eigenvalue weighted by Gasteiger charge is 2.31. The Hall–Kier alpha value is -0.0900. The lowest BCUT2D eigenvalue weighted by atomic mass is 10.2. The van der Waals surface area contributed by atoms with E-state index in [0.717, 1.165) is 11.9 Å². The lowest BCUT2D eigenvalue weighted by molar-refractivity contribution is -0.130. The number of nitrogens with zero attached hydrogens (tertiary/aromatic N) is 1. The molecule has 1 heterocycles. The van der Waals surface area contributed by atoms with E-state index >= 15 is 0 Å².